The topological polar surface area (TPSA) is 66.0 Å². The van der Waals surface area contributed by atoms with Crippen LogP contribution in [0.2, 0.25) is 0 Å². The molecule has 0 spiro atoms. The first-order valence-corrected chi connectivity index (χ1v) is 9.42. The number of aliphatic imine (C=N–C) groups is 1. The van der Waals surface area contributed by atoms with Crippen LogP contribution in [-0.2, 0) is 9.53 Å². The summed E-state index contributed by atoms with van der Waals surface area (Å²) in [6, 6.07) is 10.3. The lowest BCUT2D eigenvalue weighted by Gasteiger charge is -2.19. The number of benzene rings is 1. The van der Waals surface area contributed by atoms with Crippen LogP contribution < -0.4 is 10.6 Å². The van der Waals surface area contributed by atoms with Crippen LogP contribution in [-0.4, -0.2) is 57.2 Å². The first-order chi connectivity index (χ1) is 12.5. The van der Waals surface area contributed by atoms with E-state index in [2.05, 4.69) is 41.6 Å². The molecule has 0 fully saturated rings. The highest BCUT2D eigenvalue weighted by molar-refractivity contribution is 5.85. The number of guanidine groups is 1. The lowest BCUT2D eigenvalue weighted by atomic mass is 10.1. The number of hydrogen-bond acceptors (Lipinski definition) is 3. The highest BCUT2D eigenvalue weighted by Crippen LogP contribution is 2.10. The Morgan fingerprint density at radius 3 is 2.54 bits per heavy atom. The predicted octanol–water partition coefficient (Wildman–Crippen LogP) is 2.58. The molecule has 1 aromatic rings. The molecule has 1 amide bonds. The summed E-state index contributed by atoms with van der Waals surface area (Å²) in [7, 11) is 3.47. The van der Waals surface area contributed by atoms with Gasteiger partial charge in [0.25, 0.3) is 0 Å². The van der Waals surface area contributed by atoms with E-state index in [9.17, 15) is 4.79 Å². The van der Waals surface area contributed by atoms with Gasteiger partial charge in [-0.2, -0.15) is 0 Å². The van der Waals surface area contributed by atoms with Crippen LogP contribution in [0.15, 0.2) is 35.3 Å². The maximum absolute atomic E-state index is 11.8. The number of rotatable bonds is 11. The number of unbranched alkanes of at least 4 members (excludes halogenated alkanes) is 1. The fourth-order valence-corrected chi connectivity index (χ4v) is 2.20. The maximum atomic E-state index is 11.8. The first kappa shape index (κ1) is 22.0. The normalized spacial score (nSPS) is 12.5. The number of carbonyl (C=O) groups excluding carboxylic acids is 1. The molecule has 6 nitrogen and oxygen atoms in total. The molecule has 0 radical (unpaired) electrons. The third-order valence-electron chi connectivity index (χ3n) is 3.92. The van der Waals surface area contributed by atoms with E-state index < -0.39 is 0 Å². The minimum atomic E-state index is -0.0265. The van der Waals surface area contributed by atoms with Gasteiger partial charge in [-0.05, 0) is 25.3 Å². The van der Waals surface area contributed by atoms with Crippen molar-refractivity contribution in [3.8, 4) is 0 Å². The van der Waals surface area contributed by atoms with Crippen molar-refractivity contribution in [2.75, 3.05) is 40.4 Å². The van der Waals surface area contributed by atoms with Crippen molar-refractivity contribution >= 4 is 11.9 Å². The molecule has 1 atom stereocenters. The van der Waals surface area contributed by atoms with Gasteiger partial charge in [-0.3, -0.25) is 4.79 Å². The van der Waals surface area contributed by atoms with Gasteiger partial charge in [0.05, 0.1) is 6.04 Å². The monoisotopic (exact) mass is 362 g/mol. The molecule has 0 heterocycles. The third kappa shape index (κ3) is 9.42. The Balaban J connectivity index is 2.53. The number of likely N-dealkylation sites (N-methyl/N-ethyl adjacent to an activating group) is 1. The zero-order valence-corrected chi connectivity index (χ0v) is 16.6. The molecule has 26 heavy (non-hydrogen) atoms. The summed E-state index contributed by atoms with van der Waals surface area (Å²) in [6.45, 7) is 6.64. The van der Waals surface area contributed by atoms with E-state index in [1.165, 1.54) is 5.56 Å². The Bertz CT molecular complexity index is 532. The zero-order chi connectivity index (χ0) is 19.2. The number of hydrogen-bond donors (Lipinski definition) is 2. The van der Waals surface area contributed by atoms with Crippen molar-refractivity contribution in [2.45, 2.75) is 39.2 Å². The fourth-order valence-electron chi connectivity index (χ4n) is 2.20. The molecule has 1 rings (SSSR count). The molecule has 0 saturated heterocycles. The van der Waals surface area contributed by atoms with Gasteiger partial charge < -0.3 is 20.3 Å². The van der Waals surface area contributed by atoms with Gasteiger partial charge in [0.15, 0.2) is 5.96 Å². The summed E-state index contributed by atoms with van der Waals surface area (Å²) in [6.07, 6.45) is 3.14. The second-order valence-electron chi connectivity index (χ2n) is 6.48. The minimum absolute atomic E-state index is 0.0265. The molecule has 2 N–H and O–H groups in total. The standard InChI is InChI=1S/C20H34N4O2/c1-5-6-14-26-15-10-13-21-20(22-16-19(25)24(3)4)23-17(2)18-11-8-7-9-12-18/h7-9,11-12,17H,5-6,10,13-16H2,1-4H3,(H2,21,22,23). The quantitative estimate of drug-likeness (QED) is 0.361. The minimum Gasteiger partial charge on any atom is -0.381 e. The Hall–Kier alpha value is -2.08. The summed E-state index contributed by atoms with van der Waals surface area (Å²) >= 11 is 0. The van der Waals surface area contributed by atoms with Crippen LogP contribution in [0.25, 0.3) is 0 Å². The Kier molecular flexibility index (Phi) is 11.1. The second kappa shape index (κ2) is 13.2. The second-order valence-corrected chi connectivity index (χ2v) is 6.48. The van der Waals surface area contributed by atoms with Gasteiger partial charge >= 0.3 is 0 Å². The molecule has 0 aliphatic carbocycles. The number of carbonyl (C=O) groups is 1. The summed E-state index contributed by atoms with van der Waals surface area (Å²) in [5.74, 6) is 0.617. The van der Waals surface area contributed by atoms with E-state index in [1.807, 2.05) is 18.2 Å². The lowest BCUT2D eigenvalue weighted by molar-refractivity contribution is -0.127. The van der Waals surface area contributed by atoms with Crippen LogP contribution in [0.5, 0.6) is 0 Å². The first-order valence-electron chi connectivity index (χ1n) is 9.42. The van der Waals surface area contributed by atoms with Crippen molar-refractivity contribution in [3.63, 3.8) is 0 Å². The van der Waals surface area contributed by atoms with Crippen LogP contribution in [0.4, 0.5) is 0 Å². The van der Waals surface area contributed by atoms with E-state index in [0.29, 0.717) is 5.96 Å². The molecule has 6 heteroatoms. The third-order valence-corrected chi connectivity index (χ3v) is 3.92. The van der Waals surface area contributed by atoms with E-state index in [0.717, 1.165) is 39.0 Å². The smallest absolute Gasteiger partial charge is 0.243 e. The van der Waals surface area contributed by atoms with E-state index >= 15 is 0 Å². The van der Waals surface area contributed by atoms with Crippen LogP contribution in [0, 0.1) is 0 Å². The van der Waals surface area contributed by atoms with Crippen molar-refractivity contribution in [1.82, 2.24) is 15.5 Å². The van der Waals surface area contributed by atoms with Crippen molar-refractivity contribution in [3.05, 3.63) is 35.9 Å². The Labute approximate surface area is 158 Å². The van der Waals surface area contributed by atoms with Gasteiger partial charge in [0, 0.05) is 33.9 Å². The number of nitrogens with one attached hydrogen (secondary N) is 2. The molecule has 0 bridgehead atoms. The Morgan fingerprint density at radius 2 is 1.88 bits per heavy atom. The van der Waals surface area contributed by atoms with E-state index in [-0.39, 0.29) is 18.5 Å². The predicted molar refractivity (Wildman–Crippen MR) is 107 cm³/mol. The van der Waals surface area contributed by atoms with Gasteiger partial charge in [-0.1, -0.05) is 43.7 Å². The molecule has 1 unspecified atom stereocenters. The molecule has 0 aliphatic heterocycles. The van der Waals surface area contributed by atoms with Gasteiger partial charge in [-0.25, -0.2) is 4.99 Å². The molecule has 146 valence electrons. The molecular formula is C20H34N4O2. The molecule has 1 aromatic carbocycles. The zero-order valence-electron chi connectivity index (χ0n) is 16.6. The number of amides is 1. The van der Waals surface area contributed by atoms with E-state index in [1.54, 1.807) is 19.0 Å². The average molecular weight is 363 g/mol. The number of nitrogens with zero attached hydrogens (tertiary/aromatic N) is 2. The largest absolute Gasteiger partial charge is 0.381 e. The van der Waals surface area contributed by atoms with E-state index in [4.69, 9.17) is 4.74 Å². The van der Waals surface area contributed by atoms with Crippen LogP contribution >= 0.6 is 0 Å². The average Bonchev–Trinajstić information content (AvgIpc) is 2.65. The van der Waals surface area contributed by atoms with Gasteiger partial charge in [-0.15, -0.1) is 0 Å². The molecule has 0 aromatic heterocycles. The molecule has 0 saturated carbocycles. The van der Waals surface area contributed by atoms with Crippen molar-refractivity contribution in [2.24, 2.45) is 4.99 Å². The van der Waals surface area contributed by atoms with Crippen LogP contribution in [0.3, 0.4) is 0 Å². The maximum Gasteiger partial charge on any atom is 0.243 e. The summed E-state index contributed by atoms with van der Waals surface area (Å²) < 4.78 is 5.57. The highest BCUT2D eigenvalue weighted by Gasteiger charge is 2.09. The summed E-state index contributed by atoms with van der Waals surface area (Å²) in [5.41, 5.74) is 1.17. The Morgan fingerprint density at radius 1 is 1.19 bits per heavy atom. The molecular weight excluding hydrogens is 328 g/mol. The fraction of sp³-hybridized carbons (Fsp3) is 0.600. The SMILES string of the molecule is CCCCOCCCNC(=NCC(=O)N(C)C)NC(C)c1ccccc1. The van der Waals surface area contributed by atoms with Crippen molar-refractivity contribution in [1.29, 1.82) is 0 Å². The highest BCUT2D eigenvalue weighted by atomic mass is 16.5. The summed E-state index contributed by atoms with van der Waals surface area (Å²) in [5, 5.41) is 6.66. The number of ether oxygens (including phenoxy) is 1. The van der Waals surface area contributed by atoms with Crippen LogP contribution in [0.1, 0.15) is 44.7 Å². The summed E-state index contributed by atoms with van der Waals surface area (Å²) in [4.78, 5) is 17.8. The lowest BCUT2D eigenvalue weighted by Crippen LogP contribution is -2.40. The molecule has 0 aliphatic rings. The van der Waals surface area contributed by atoms with Crippen molar-refractivity contribution < 1.29 is 9.53 Å². The van der Waals surface area contributed by atoms with Gasteiger partial charge in [0.2, 0.25) is 5.91 Å². The van der Waals surface area contributed by atoms with Gasteiger partial charge in [0.1, 0.15) is 6.54 Å².